The summed E-state index contributed by atoms with van der Waals surface area (Å²) in [5, 5.41) is 2.37. The van der Waals surface area contributed by atoms with E-state index in [9.17, 15) is 4.79 Å². The third kappa shape index (κ3) is 3.39. The largest absolute Gasteiger partial charge is 0.452 e. The highest BCUT2D eigenvalue weighted by Gasteiger charge is 2.50. The molecule has 3 rings (SSSR count). The molecule has 0 fully saturated rings. The summed E-state index contributed by atoms with van der Waals surface area (Å²) in [6.45, 7) is 8.87. The van der Waals surface area contributed by atoms with Gasteiger partial charge in [-0.1, -0.05) is 81.4 Å². The second kappa shape index (κ2) is 7.21. The molecular formula is C22H26O3Si. The first-order valence-electron chi connectivity index (χ1n) is 8.99. The van der Waals surface area contributed by atoms with E-state index in [2.05, 4.69) is 69.3 Å². The molecule has 0 spiro atoms. The molecule has 1 aliphatic heterocycles. The summed E-state index contributed by atoms with van der Waals surface area (Å²) < 4.78 is 12.2. The van der Waals surface area contributed by atoms with Crippen LogP contribution in [-0.2, 0) is 14.0 Å². The number of rotatable bonds is 5. The normalized spacial score (nSPS) is 17.8. The van der Waals surface area contributed by atoms with Gasteiger partial charge in [-0.3, -0.25) is 0 Å². The van der Waals surface area contributed by atoms with Crippen LogP contribution in [-0.4, -0.2) is 27.0 Å². The van der Waals surface area contributed by atoms with Gasteiger partial charge in [-0.25, -0.2) is 4.79 Å². The third-order valence-electron chi connectivity index (χ3n) is 4.90. The summed E-state index contributed by atoms with van der Waals surface area (Å²) in [5.41, 5.74) is 0.654. The topological polar surface area (TPSA) is 35.5 Å². The van der Waals surface area contributed by atoms with Gasteiger partial charge in [-0.05, 0) is 28.4 Å². The Labute approximate surface area is 156 Å². The van der Waals surface area contributed by atoms with E-state index in [4.69, 9.17) is 9.16 Å². The molecule has 0 aliphatic carbocycles. The predicted molar refractivity (Wildman–Crippen MR) is 107 cm³/mol. The van der Waals surface area contributed by atoms with Crippen molar-refractivity contribution in [2.24, 2.45) is 0 Å². The number of hydrogen-bond acceptors (Lipinski definition) is 3. The lowest BCUT2D eigenvalue weighted by molar-refractivity contribution is -0.140. The van der Waals surface area contributed by atoms with Gasteiger partial charge in [0.2, 0.25) is 0 Å². The highest BCUT2D eigenvalue weighted by Crippen LogP contribution is 2.37. The molecule has 0 amide bonds. The summed E-state index contributed by atoms with van der Waals surface area (Å²) in [6, 6.07) is 21.0. The average molecular weight is 367 g/mol. The number of carbonyl (C=O) groups is 1. The quantitative estimate of drug-likeness (QED) is 0.601. The maximum Gasteiger partial charge on any atom is 0.334 e. The average Bonchev–Trinajstić information content (AvgIpc) is 2.94. The van der Waals surface area contributed by atoms with Gasteiger partial charge < -0.3 is 9.16 Å². The highest BCUT2D eigenvalue weighted by molar-refractivity contribution is 6.99. The van der Waals surface area contributed by atoms with Gasteiger partial charge in [0.15, 0.2) is 0 Å². The SMILES string of the molecule is CC1=CC(CO[Si](c2ccccc2)(c2ccccc2)C(C)(C)C)OC1=O. The Morgan fingerprint density at radius 2 is 1.46 bits per heavy atom. The molecule has 0 saturated carbocycles. The lowest BCUT2D eigenvalue weighted by Gasteiger charge is -2.43. The van der Waals surface area contributed by atoms with Crippen LogP contribution in [0.15, 0.2) is 72.3 Å². The van der Waals surface area contributed by atoms with E-state index in [0.717, 1.165) is 0 Å². The van der Waals surface area contributed by atoms with Crippen LogP contribution >= 0.6 is 0 Å². The standard InChI is InChI=1S/C22H26O3Si/c1-17-15-18(25-21(17)23)16-24-26(22(2,3)4,19-11-7-5-8-12-19)20-13-9-6-10-14-20/h5-15,18H,16H2,1-4H3. The first kappa shape index (κ1) is 18.6. The minimum Gasteiger partial charge on any atom is -0.452 e. The molecule has 2 aromatic rings. The molecule has 0 aromatic heterocycles. The monoisotopic (exact) mass is 366 g/mol. The molecule has 0 saturated heterocycles. The van der Waals surface area contributed by atoms with Crippen LogP contribution in [0.2, 0.25) is 5.04 Å². The van der Waals surface area contributed by atoms with Crippen molar-refractivity contribution >= 4 is 24.7 Å². The Hall–Kier alpha value is -2.17. The molecule has 26 heavy (non-hydrogen) atoms. The van der Waals surface area contributed by atoms with Gasteiger partial charge in [0, 0.05) is 5.57 Å². The molecule has 136 valence electrons. The number of benzene rings is 2. The molecule has 1 heterocycles. The number of hydrogen-bond donors (Lipinski definition) is 0. The highest BCUT2D eigenvalue weighted by atomic mass is 28.4. The third-order valence-corrected chi connectivity index (χ3v) is 9.90. The summed E-state index contributed by atoms with van der Waals surface area (Å²) in [5.74, 6) is -0.249. The van der Waals surface area contributed by atoms with E-state index in [-0.39, 0.29) is 17.1 Å². The van der Waals surface area contributed by atoms with Crippen molar-refractivity contribution in [3.05, 3.63) is 72.3 Å². The van der Waals surface area contributed by atoms with Crippen molar-refractivity contribution in [2.45, 2.75) is 38.8 Å². The molecule has 4 heteroatoms. The van der Waals surface area contributed by atoms with Crippen molar-refractivity contribution in [2.75, 3.05) is 6.61 Å². The lowest BCUT2D eigenvalue weighted by Crippen LogP contribution is -2.67. The fraction of sp³-hybridized carbons (Fsp3) is 0.318. The van der Waals surface area contributed by atoms with Crippen LogP contribution in [0.3, 0.4) is 0 Å². The minimum atomic E-state index is -2.58. The van der Waals surface area contributed by atoms with Crippen molar-refractivity contribution in [3.63, 3.8) is 0 Å². The second-order valence-electron chi connectivity index (χ2n) is 7.77. The van der Waals surface area contributed by atoms with Gasteiger partial charge in [0.05, 0.1) is 6.61 Å². The molecule has 2 aromatic carbocycles. The fourth-order valence-electron chi connectivity index (χ4n) is 3.66. The van der Waals surface area contributed by atoms with Crippen LogP contribution in [0.4, 0.5) is 0 Å². The summed E-state index contributed by atoms with van der Waals surface area (Å²) in [4.78, 5) is 11.7. The van der Waals surface area contributed by atoms with Crippen LogP contribution < -0.4 is 10.4 Å². The number of carbonyl (C=O) groups excluding carboxylic acids is 1. The Kier molecular flexibility index (Phi) is 5.16. The summed E-state index contributed by atoms with van der Waals surface area (Å²) >= 11 is 0. The molecular weight excluding hydrogens is 340 g/mol. The molecule has 1 unspecified atom stereocenters. The second-order valence-corrected chi connectivity index (χ2v) is 12.1. The van der Waals surface area contributed by atoms with E-state index < -0.39 is 8.32 Å². The van der Waals surface area contributed by atoms with Gasteiger partial charge in [0.25, 0.3) is 8.32 Å². The predicted octanol–water partition coefficient (Wildman–Crippen LogP) is 3.43. The van der Waals surface area contributed by atoms with E-state index in [1.165, 1.54) is 10.4 Å². The first-order chi connectivity index (χ1) is 12.3. The lowest BCUT2D eigenvalue weighted by atomic mass is 10.2. The van der Waals surface area contributed by atoms with Crippen LogP contribution in [0.25, 0.3) is 0 Å². The van der Waals surface area contributed by atoms with E-state index in [1.807, 2.05) is 18.2 Å². The maximum absolute atomic E-state index is 11.7. The van der Waals surface area contributed by atoms with Gasteiger partial charge in [-0.15, -0.1) is 0 Å². The zero-order chi connectivity index (χ0) is 18.8. The molecule has 1 aliphatic rings. The zero-order valence-corrected chi connectivity index (χ0v) is 16.9. The number of ether oxygens (including phenoxy) is 1. The molecule has 0 N–H and O–H groups in total. The fourth-order valence-corrected chi connectivity index (χ4v) is 8.23. The van der Waals surface area contributed by atoms with Crippen molar-refractivity contribution < 1.29 is 14.0 Å². The number of esters is 1. The van der Waals surface area contributed by atoms with E-state index in [0.29, 0.717) is 12.2 Å². The Morgan fingerprint density at radius 3 is 1.85 bits per heavy atom. The maximum atomic E-state index is 11.7. The smallest absolute Gasteiger partial charge is 0.334 e. The summed E-state index contributed by atoms with van der Waals surface area (Å²) in [6.07, 6.45) is 1.55. The summed E-state index contributed by atoms with van der Waals surface area (Å²) in [7, 11) is -2.58. The Bertz CT molecular complexity index is 752. The minimum absolute atomic E-state index is 0.0862. The van der Waals surface area contributed by atoms with Crippen molar-refractivity contribution in [1.82, 2.24) is 0 Å². The molecule has 1 atom stereocenters. The van der Waals surface area contributed by atoms with E-state index in [1.54, 1.807) is 6.92 Å². The van der Waals surface area contributed by atoms with Crippen molar-refractivity contribution in [3.8, 4) is 0 Å². The van der Waals surface area contributed by atoms with Gasteiger partial charge >= 0.3 is 5.97 Å². The van der Waals surface area contributed by atoms with Crippen LogP contribution in [0, 0.1) is 0 Å². The molecule has 0 radical (unpaired) electrons. The van der Waals surface area contributed by atoms with Crippen LogP contribution in [0.1, 0.15) is 27.7 Å². The molecule has 3 nitrogen and oxygen atoms in total. The van der Waals surface area contributed by atoms with Crippen LogP contribution in [0.5, 0.6) is 0 Å². The number of cyclic esters (lactones) is 1. The zero-order valence-electron chi connectivity index (χ0n) is 15.9. The Balaban J connectivity index is 2.05. The van der Waals surface area contributed by atoms with Gasteiger partial charge in [0.1, 0.15) is 6.10 Å². The first-order valence-corrected chi connectivity index (χ1v) is 10.9. The molecule has 0 bridgehead atoms. The Morgan fingerprint density at radius 1 is 0.962 bits per heavy atom. The van der Waals surface area contributed by atoms with Crippen molar-refractivity contribution in [1.29, 1.82) is 0 Å². The van der Waals surface area contributed by atoms with E-state index >= 15 is 0 Å². The van der Waals surface area contributed by atoms with Gasteiger partial charge in [-0.2, -0.15) is 0 Å².